The Balaban J connectivity index is 5.02. The maximum atomic E-state index is 11.3. The monoisotopic (exact) mass is 219 g/mol. The lowest BCUT2D eigenvalue weighted by molar-refractivity contribution is -0.151. The van der Waals surface area contributed by atoms with E-state index in [0.29, 0.717) is 0 Å². The van der Waals surface area contributed by atoms with E-state index in [1.165, 1.54) is 0 Å². The van der Waals surface area contributed by atoms with Crippen molar-refractivity contribution in [3.63, 3.8) is 0 Å². The quantitative estimate of drug-likeness (QED) is 0.433. The maximum absolute atomic E-state index is 11.3. The van der Waals surface area contributed by atoms with Gasteiger partial charge in [-0.3, -0.25) is 0 Å². The molecule has 0 amide bonds. The van der Waals surface area contributed by atoms with Crippen LogP contribution in [0.1, 0.15) is 0 Å². The number of halogens is 9. The maximum Gasteiger partial charge on any atom is 0.335 e. The van der Waals surface area contributed by atoms with Gasteiger partial charge in [-0.25, -0.2) is 39.5 Å². The first-order valence-electron chi connectivity index (χ1n) is 2.76. The SMILES string of the molecule is FC(F)(F)[BH-](C(F)(F)F)C(F)(F)F. The number of hydrogen-bond donors (Lipinski definition) is 0. The van der Waals surface area contributed by atoms with Crippen LogP contribution in [-0.4, -0.2) is 24.9 Å². The van der Waals surface area contributed by atoms with E-state index >= 15 is 0 Å². The molecule has 13 heavy (non-hydrogen) atoms. The van der Waals surface area contributed by atoms with Crippen LogP contribution in [0.2, 0.25) is 0 Å². The molecule has 0 aromatic rings. The highest BCUT2D eigenvalue weighted by Gasteiger charge is 2.64. The molecular formula is C3HBF9-. The molecule has 0 atom stereocenters. The largest absolute Gasteiger partial charge is 0.335 e. The molecule has 0 unspecified atom stereocenters. The van der Waals surface area contributed by atoms with Crippen molar-refractivity contribution < 1.29 is 39.5 Å². The van der Waals surface area contributed by atoms with Gasteiger partial charge in [0, 0.05) is 0 Å². The third kappa shape index (κ3) is 3.35. The Morgan fingerprint density at radius 1 is 0.462 bits per heavy atom. The van der Waals surface area contributed by atoms with Crippen LogP contribution in [0.15, 0.2) is 0 Å². The van der Waals surface area contributed by atoms with Gasteiger partial charge in [-0.05, 0) is 0 Å². The van der Waals surface area contributed by atoms with Crippen LogP contribution >= 0.6 is 0 Å². The fourth-order valence-electron chi connectivity index (χ4n) is 0.682. The molecule has 0 aliphatic rings. The first-order chi connectivity index (χ1) is 5.37. The van der Waals surface area contributed by atoms with Crippen LogP contribution in [0, 0.1) is 0 Å². The van der Waals surface area contributed by atoms with E-state index in [0.717, 1.165) is 0 Å². The molecule has 0 aliphatic heterocycles. The molecule has 0 nitrogen and oxygen atoms in total. The Hall–Kier alpha value is -0.565. The molecule has 0 spiro atoms. The van der Waals surface area contributed by atoms with Crippen LogP contribution in [0.4, 0.5) is 39.5 Å². The third-order valence-corrected chi connectivity index (χ3v) is 1.20. The van der Waals surface area contributed by atoms with Crippen molar-refractivity contribution in [1.82, 2.24) is 0 Å². The molecule has 0 saturated heterocycles. The second-order valence-electron chi connectivity index (χ2n) is 2.38. The van der Waals surface area contributed by atoms with Gasteiger partial charge in [0.05, 0.1) is 0 Å². The van der Waals surface area contributed by atoms with Gasteiger partial charge < -0.3 is 0 Å². The summed E-state index contributed by atoms with van der Waals surface area (Å²) in [6, 6.07) is 0. The molecule has 0 aromatic heterocycles. The predicted molar refractivity (Wildman–Crippen MR) is 25.3 cm³/mol. The van der Waals surface area contributed by atoms with Crippen LogP contribution < -0.4 is 0 Å². The molecule has 0 radical (unpaired) electrons. The van der Waals surface area contributed by atoms with Gasteiger partial charge in [-0.2, -0.15) is 0 Å². The summed E-state index contributed by atoms with van der Waals surface area (Å²) >= 11 is 0. The van der Waals surface area contributed by atoms with Crippen molar-refractivity contribution in [2.75, 3.05) is 0 Å². The van der Waals surface area contributed by atoms with E-state index in [1.807, 2.05) is 0 Å². The topological polar surface area (TPSA) is 0 Å². The summed E-state index contributed by atoms with van der Waals surface area (Å²) < 4.78 is 102. The normalized spacial score (nSPS) is 15.2. The van der Waals surface area contributed by atoms with Gasteiger partial charge in [0.1, 0.15) is 0 Å². The van der Waals surface area contributed by atoms with Gasteiger partial charge in [0.25, 0.3) is 18.2 Å². The van der Waals surface area contributed by atoms with Crippen molar-refractivity contribution in [3.05, 3.63) is 0 Å². The van der Waals surface area contributed by atoms with Crippen molar-refractivity contribution in [2.45, 2.75) is 18.2 Å². The zero-order chi connectivity index (χ0) is 11.1. The van der Waals surface area contributed by atoms with E-state index < -0.39 is 24.9 Å². The van der Waals surface area contributed by atoms with E-state index in [9.17, 15) is 39.5 Å². The van der Waals surface area contributed by atoms with E-state index in [4.69, 9.17) is 0 Å². The lowest BCUT2D eigenvalue weighted by Crippen LogP contribution is -2.57. The zero-order valence-electron chi connectivity index (χ0n) is 5.61. The molecule has 0 aromatic carbocycles. The van der Waals surface area contributed by atoms with E-state index in [2.05, 4.69) is 0 Å². The summed E-state index contributed by atoms with van der Waals surface area (Å²) in [7, 11) is 0. The number of rotatable bonds is 0. The lowest BCUT2D eigenvalue weighted by Gasteiger charge is -2.30. The third-order valence-electron chi connectivity index (χ3n) is 1.20. The van der Waals surface area contributed by atoms with E-state index in [-0.39, 0.29) is 0 Å². The molecule has 0 saturated carbocycles. The Morgan fingerprint density at radius 2 is 0.615 bits per heavy atom. The minimum atomic E-state index is -6.28. The van der Waals surface area contributed by atoms with Gasteiger partial charge in [0.15, 0.2) is 0 Å². The first kappa shape index (κ1) is 12.4. The average molecular weight is 219 g/mol. The zero-order valence-corrected chi connectivity index (χ0v) is 5.61. The highest BCUT2D eigenvalue weighted by atomic mass is 19.4. The number of alkyl halides is 9. The molecule has 0 aliphatic carbocycles. The highest BCUT2D eigenvalue weighted by Crippen LogP contribution is 2.40. The summed E-state index contributed by atoms with van der Waals surface area (Å²) in [4.78, 5) is 0. The predicted octanol–water partition coefficient (Wildman–Crippen LogP) is 2.52. The van der Waals surface area contributed by atoms with E-state index in [1.54, 1.807) is 0 Å². The Kier molecular flexibility index (Phi) is 2.85. The standard InChI is InChI=1S/C3HBF9/c5-1(6,7)4(2(8,9)10)3(11,12)13/h4H/q-1. The van der Waals surface area contributed by atoms with Crippen molar-refractivity contribution in [1.29, 1.82) is 0 Å². The number of hydrogen-bond acceptors (Lipinski definition) is 0. The van der Waals surface area contributed by atoms with Gasteiger partial charge >= 0.3 is 6.71 Å². The fourth-order valence-corrected chi connectivity index (χ4v) is 0.682. The molecule has 0 fully saturated rings. The van der Waals surface area contributed by atoms with Crippen molar-refractivity contribution in [3.8, 4) is 0 Å². The molecule has 80 valence electrons. The fraction of sp³-hybridized carbons (Fsp3) is 1.00. The summed E-state index contributed by atoms with van der Waals surface area (Å²) in [6.45, 7) is -6.19. The van der Waals surface area contributed by atoms with Gasteiger partial charge in [-0.1, -0.05) is 0 Å². The average Bonchev–Trinajstić information content (AvgIpc) is 1.44. The molecule has 10 heteroatoms. The minimum absolute atomic E-state index is 6.19. The minimum Gasteiger partial charge on any atom is -0.216 e. The highest BCUT2D eigenvalue weighted by molar-refractivity contribution is 6.65. The molecule has 0 rings (SSSR count). The Morgan fingerprint density at radius 3 is 0.615 bits per heavy atom. The first-order valence-corrected chi connectivity index (χ1v) is 2.76. The summed E-state index contributed by atoms with van der Waals surface area (Å²) in [6.07, 6.45) is -18.8. The van der Waals surface area contributed by atoms with Gasteiger partial charge in [-0.15, -0.1) is 0 Å². The smallest absolute Gasteiger partial charge is 0.216 e. The Bertz CT molecular complexity index is 137. The molecule has 0 heterocycles. The molecule has 0 bridgehead atoms. The Labute approximate surface area is 65.8 Å². The van der Waals surface area contributed by atoms with Crippen LogP contribution in [-0.2, 0) is 0 Å². The summed E-state index contributed by atoms with van der Waals surface area (Å²) in [5.74, 6) is 0. The van der Waals surface area contributed by atoms with Crippen LogP contribution in [0.25, 0.3) is 0 Å². The summed E-state index contributed by atoms with van der Waals surface area (Å²) in [5.41, 5.74) is 0. The van der Waals surface area contributed by atoms with Crippen molar-refractivity contribution >= 4 is 6.71 Å². The molecule has 0 N–H and O–H groups in total. The second-order valence-corrected chi connectivity index (χ2v) is 2.38. The molecular weight excluding hydrogens is 218 g/mol. The van der Waals surface area contributed by atoms with Crippen LogP contribution in [0.5, 0.6) is 0 Å². The summed E-state index contributed by atoms with van der Waals surface area (Å²) in [5, 5.41) is 0. The van der Waals surface area contributed by atoms with Crippen LogP contribution in [0.3, 0.4) is 0 Å². The second kappa shape index (κ2) is 2.98. The van der Waals surface area contributed by atoms with Gasteiger partial charge in [0.2, 0.25) is 0 Å². The lowest BCUT2D eigenvalue weighted by atomic mass is 9.47. The van der Waals surface area contributed by atoms with Crippen molar-refractivity contribution in [2.24, 2.45) is 0 Å².